The number of hydrogen-bond donors (Lipinski definition) is 2. The number of amides is 2. The predicted octanol–water partition coefficient (Wildman–Crippen LogP) is 4.19. The number of methoxy groups -OCH3 is 1. The molecule has 2 N–H and O–H groups in total. The van der Waals surface area contributed by atoms with Gasteiger partial charge in [0.05, 0.1) is 24.0 Å². The van der Waals surface area contributed by atoms with Gasteiger partial charge in [-0.2, -0.15) is 0 Å². The van der Waals surface area contributed by atoms with Crippen LogP contribution in [-0.4, -0.2) is 37.8 Å². The van der Waals surface area contributed by atoms with Crippen LogP contribution < -0.4 is 10.6 Å². The maximum atomic E-state index is 12.9. The van der Waals surface area contributed by atoms with Gasteiger partial charge in [0.25, 0.3) is 5.91 Å². The quantitative estimate of drug-likeness (QED) is 0.401. The third-order valence-corrected chi connectivity index (χ3v) is 5.81. The topological polar surface area (TPSA) is 67.4 Å². The zero-order valence-corrected chi connectivity index (χ0v) is 18.0. The Labute approximate surface area is 181 Å². The molecule has 0 bridgehead atoms. The Morgan fingerprint density at radius 2 is 1.73 bits per heavy atom. The normalized spacial score (nSPS) is 11.8. The van der Waals surface area contributed by atoms with Gasteiger partial charge < -0.3 is 15.4 Å². The number of fused-ring (bicyclic) bond motifs is 1. The van der Waals surface area contributed by atoms with Crippen LogP contribution in [-0.2, 0) is 9.53 Å². The van der Waals surface area contributed by atoms with E-state index in [4.69, 9.17) is 4.74 Å². The minimum absolute atomic E-state index is 0.0863. The van der Waals surface area contributed by atoms with Gasteiger partial charge >= 0.3 is 0 Å². The van der Waals surface area contributed by atoms with Crippen LogP contribution in [0.2, 0.25) is 0 Å². The van der Waals surface area contributed by atoms with Crippen molar-refractivity contribution in [1.29, 1.82) is 0 Å². The van der Waals surface area contributed by atoms with E-state index >= 15 is 0 Å². The van der Waals surface area contributed by atoms with Crippen LogP contribution in [0, 0.1) is 0 Å². The average Bonchev–Trinajstić information content (AvgIpc) is 2.77. The molecule has 0 radical (unpaired) electrons. The maximum Gasteiger partial charge on any atom is 0.252 e. The molecule has 0 spiro atoms. The summed E-state index contributed by atoms with van der Waals surface area (Å²) in [6.45, 7) is 2.92. The zero-order valence-electron chi connectivity index (χ0n) is 17.2. The molecule has 0 aliphatic carbocycles. The third kappa shape index (κ3) is 5.84. The molecule has 30 heavy (non-hydrogen) atoms. The van der Waals surface area contributed by atoms with Crippen LogP contribution >= 0.6 is 11.8 Å². The first-order valence-corrected chi connectivity index (χ1v) is 10.8. The molecule has 0 heterocycles. The average molecular weight is 423 g/mol. The van der Waals surface area contributed by atoms with E-state index in [-0.39, 0.29) is 23.6 Å². The number of rotatable bonds is 9. The molecule has 0 fully saturated rings. The van der Waals surface area contributed by atoms with Gasteiger partial charge in [-0.3, -0.25) is 9.59 Å². The van der Waals surface area contributed by atoms with Crippen LogP contribution in [0.4, 0.5) is 0 Å². The molecular weight excluding hydrogens is 396 g/mol. The van der Waals surface area contributed by atoms with Crippen LogP contribution in [0.5, 0.6) is 0 Å². The van der Waals surface area contributed by atoms with Crippen molar-refractivity contribution in [2.24, 2.45) is 0 Å². The number of ether oxygens (including phenoxy) is 1. The molecule has 0 aliphatic heterocycles. The monoisotopic (exact) mass is 422 g/mol. The van der Waals surface area contributed by atoms with Crippen LogP contribution in [0.3, 0.4) is 0 Å². The number of nitrogens with one attached hydrogen (secondary N) is 2. The molecule has 2 amide bonds. The van der Waals surface area contributed by atoms with E-state index in [9.17, 15) is 9.59 Å². The lowest BCUT2D eigenvalue weighted by Gasteiger charge is -2.16. The van der Waals surface area contributed by atoms with Crippen molar-refractivity contribution in [2.75, 3.05) is 26.0 Å². The van der Waals surface area contributed by atoms with E-state index in [2.05, 4.69) is 34.9 Å². The predicted molar refractivity (Wildman–Crippen MR) is 122 cm³/mol. The first kappa shape index (κ1) is 21.9. The lowest BCUT2D eigenvalue weighted by atomic mass is 10.0. The molecule has 1 atom stereocenters. The van der Waals surface area contributed by atoms with Crippen molar-refractivity contribution in [3.8, 4) is 0 Å². The van der Waals surface area contributed by atoms with Gasteiger partial charge in [-0.05, 0) is 41.5 Å². The molecule has 3 aromatic carbocycles. The summed E-state index contributed by atoms with van der Waals surface area (Å²) in [6.07, 6.45) is 0. The number of benzene rings is 3. The highest BCUT2D eigenvalue weighted by Crippen LogP contribution is 2.24. The van der Waals surface area contributed by atoms with E-state index in [1.54, 1.807) is 13.2 Å². The summed E-state index contributed by atoms with van der Waals surface area (Å²) < 4.78 is 4.93. The number of carbonyl (C=O) groups excluding carboxylic acids is 2. The van der Waals surface area contributed by atoms with Gasteiger partial charge in [-0.15, -0.1) is 11.8 Å². The van der Waals surface area contributed by atoms with Crippen molar-refractivity contribution in [3.05, 3.63) is 77.9 Å². The largest absolute Gasteiger partial charge is 0.383 e. The first-order valence-electron chi connectivity index (χ1n) is 9.85. The lowest BCUT2D eigenvalue weighted by Crippen LogP contribution is -2.29. The van der Waals surface area contributed by atoms with Gasteiger partial charge in [0.1, 0.15) is 0 Å². The summed E-state index contributed by atoms with van der Waals surface area (Å²) in [7, 11) is 1.59. The first-order chi connectivity index (χ1) is 14.6. The van der Waals surface area contributed by atoms with Gasteiger partial charge in [-0.1, -0.05) is 48.5 Å². The molecule has 0 saturated heterocycles. The molecule has 0 aromatic heterocycles. The van der Waals surface area contributed by atoms with Crippen molar-refractivity contribution >= 4 is 34.3 Å². The van der Waals surface area contributed by atoms with E-state index in [1.165, 1.54) is 17.1 Å². The van der Waals surface area contributed by atoms with E-state index < -0.39 is 0 Å². The van der Waals surface area contributed by atoms with Crippen molar-refractivity contribution < 1.29 is 14.3 Å². The van der Waals surface area contributed by atoms with Crippen molar-refractivity contribution in [2.45, 2.75) is 17.9 Å². The Bertz CT molecular complexity index is 1020. The fourth-order valence-corrected chi connectivity index (χ4v) is 3.98. The SMILES string of the molecule is COCCNC(=O)CSc1ccccc1C(=O)NC(C)c1ccc2ccccc2c1. The third-order valence-electron chi connectivity index (χ3n) is 4.74. The van der Waals surface area contributed by atoms with Crippen LogP contribution in [0.1, 0.15) is 28.9 Å². The summed E-state index contributed by atoms with van der Waals surface area (Å²) in [5, 5.41) is 8.18. The van der Waals surface area contributed by atoms with Gasteiger partial charge in [-0.25, -0.2) is 0 Å². The Kier molecular flexibility index (Phi) is 7.88. The molecule has 0 aliphatic rings. The Hall–Kier alpha value is -2.83. The second kappa shape index (κ2) is 10.8. The second-order valence-corrected chi connectivity index (χ2v) is 7.95. The highest BCUT2D eigenvalue weighted by Gasteiger charge is 2.16. The molecule has 6 heteroatoms. The lowest BCUT2D eigenvalue weighted by molar-refractivity contribution is -0.118. The summed E-state index contributed by atoms with van der Waals surface area (Å²) in [5.74, 6) is 0.00386. The van der Waals surface area contributed by atoms with Gasteiger partial charge in [0.2, 0.25) is 5.91 Å². The molecule has 0 saturated carbocycles. The van der Waals surface area contributed by atoms with Crippen LogP contribution in [0.25, 0.3) is 10.8 Å². The molecular formula is C24H26N2O3S. The van der Waals surface area contributed by atoms with Crippen molar-refractivity contribution in [3.63, 3.8) is 0 Å². The van der Waals surface area contributed by atoms with Crippen molar-refractivity contribution in [1.82, 2.24) is 10.6 Å². The summed E-state index contributed by atoms with van der Waals surface area (Å²) in [6, 6.07) is 21.6. The van der Waals surface area contributed by atoms with E-state index in [1.807, 2.05) is 43.3 Å². The highest BCUT2D eigenvalue weighted by molar-refractivity contribution is 8.00. The molecule has 1 unspecified atom stereocenters. The summed E-state index contributed by atoms with van der Waals surface area (Å²) in [5.41, 5.74) is 1.62. The Morgan fingerprint density at radius 3 is 2.53 bits per heavy atom. The summed E-state index contributed by atoms with van der Waals surface area (Å²) in [4.78, 5) is 25.7. The maximum absolute atomic E-state index is 12.9. The standard InChI is InChI=1S/C24H26N2O3S/c1-17(19-12-11-18-7-3-4-8-20(18)15-19)26-24(28)21-9-5-6-10-22(21)30-16-23(27)25-13-14-29-2/h3-12,15,17H,13-14,16H2,1-2H3,(H,25,27)(H,26,28). The minimum Gasteiger partial charge on any atom is -0.383 e. The number of carbonyl (C=O) groups is 2. The van der Waals surface area contributed by atoms with E-state index in [0.29, 0.717) is 18.7 Å². The summed E-state index contributed by atoms with van der Waals surface area (Å²) >= 11 is 1.35. The molecule has 3 rings (SSSR count). The fraction of sp³-hybridized carbons (Fsp3) is 0.250. The Morgan fingerprint density at radius 1 is 1.00 bits per heavy atom. The van der Waals surface area contributed by atoms with E-state index in [0.717, 1.165) is 15.8 Å². The Balaban J connectivity index is 1.65. The molecule has 156 valence electrons. The van der Waals surface area contributed by atoms with Crippen LogP contribution in [0.15, 0.2) is 71.6 Å². The minimum atomic E-state index is -0.154. The highest BCUT2D eigenvalue weighted by atomic mass is 32.2. The van der Waals surface area contributed by atoms with Gasteiger partial charge in [0, 0.05) is 18.6 Å². The smallest absolute Gasteiger partial charge is 0.252 e. The van der Waals surface area contributed by atoms with Gasteiger partial charge in [0.15, 0.2) is 0 Å². The number of thioether (sulfide) groups is 1. The fourth-order valence-electron chi connectivity index (χ4n) is 3.10. The zero-order chi connectivity index (χ0) is 21.3. The number of hydrogen-bond acceptors (Lipinski definition) is 4. The molecule has 5 nitrogen and oxygen atoms in total. The second-order valence-electron chi connectivity index (χ2n) is 6.93. The molecule has 3 aromatic rings.